The number of nitrogens with two attached hydrogens (primary N) is 1. The molecule has 0 aromatic rings. The molecule has 2 atom stereocenters. The van der Waals surface area contributed by atoms with Gasteiger partial charge < -0.3 is 10.6 Å². The fraction of sp³-hybridized carbons (Fsp3) is 0.923. The Bertz CT molecular complexity index is 247. The highest BCUT2D eigenvalue weighted by Gasteiger charge is 2.28. The highest BCUT2D eigenvalue weighted by Crippen LogP contribution is 2.11. The number of rotatable bonds is 4. The molecule has 0 aliphatic carbocycles. The van der Waals surface area contributed by atoms with Crippen LogP contribution in [-0.4, -0.2) is 54.0 Å². The molecular weight excluding hydrogens is 214 g/mol. The number of carbonyl (C=O) groups excluding carboxylic acids is 1. The summed E-state index contributed by atoms with van der Waals surface area (Å²) in [4.78, 5) is 16.5. The number of carbonyl (C=O) groups is 1. The van der Waals surface area contributed by atoms with E-state index >= 15 is 0 Å². The number of nitrogens with zero attached hydrogens (tertiary/aromatic N) is 2. The molecule has 0 radical (unpaired) electrons. The molecule has 1 heterocycles. The Labute approximate surface area is 105 Å². The van der Waals surface area contributed by atoms with E-state index in [0.717, 1.165) is 32.6 Å². The van der Waals surface area contributed by atoms with E-state index in [1.165, 1.54) is 0 Å². The Morgan fingerprint density at radius 3 is 2.12 bits per heavy atom. The molecule has 100 valence electrons. The van der Waals surface area contributed by atoms with E-state index in [0.29, 0.717) is 6.04 Å². The summed E-state index contributed by atoms with van der Waals surface area (Å²) in [5, 5.41) is 0. The summed E-state index contributed by atoms with van der Waals surface area (Å²) in [5.74, 6) is 0.397. The van der Waals surface area contributed by atoms with E-state index in [9.17, 15) is 4.79 Å². The summed E-state index contributed by atoms with van der Waals surface area (Å²) in [6.45, 7) is 12.1. The average Bonchev–Trinajstić information content (AvgIpc) is 2.36. The summed E-state index contributed by atoms with van der Waals surface area (Å²) >= 11 is 0. The van der Waals surface area contributed by atoms with Gasteiger partial charge in [-0.15, -0.1) is 0 Å². The van der Waals surface area contributed by atoms with Gasteiger partial charge in [-0.25, -0.2) is 0 Å². The second-order valence-electron chi connectivity index (χ2n) is 5.37. The van der Waals surface area contributed by atoms with Crippen molar-refractivity contribution in [2.45, 2.75) is 46.2 Å². The van der Waals surface area contributed by atoms with Gasteiger partial charge in [0.25, 0.3) is 0 Å². The summed E-state index contributed by atoms with van der Waals surface area (Å²) in [6.07, 6.45) is 0.957. The van der Waals surface area contributed by atoms with Crippen molar-refractivity contribution < 1.29 is 4.79 Å². The summed E-state index contributed by atoms with van der Waals surface area (Å²) in [7, 11) is 0. The minimum atomic E-state index is -0.328. The lowest BCUT2D eigenvalue weighted by molar-refractivity contribution is -0.135. The van der Waals surface area contributed by atoms with E-state index in [1.807, 2.05) is 11.8 Å². The van der Waals surface area contributed by atoms with Crippen LogP contribution < -0.4 is 5.73 Å². The Hall–Kier alpha value is -0.610. The summed E-state index contributed by atoms with van der Waals surface area (Å²) < 4.78 is 0. The maximum atomic E-state index is 12.2. The third kappa shape index (κ3) is 3.68. The monoisotopic (exact) mass is 241 g/mol. The van der Waals surface area contributed by atoms with Crippen molar-refractivity contribution in [1.29, 1.82) is 0 Å². The van der Waals surface area contributed by atoms with Crippen molar-refractivity contribution in [2.75, 3.05) is 26.2 Å². The molecular formula is C13H27N3O. The molecule has 0 aromatic heterocycles. The van der Waals surface area contributed by atoms with E-state index in [2.05, 4.69) is 25.7 Å². The lowest BCUT2D eigenvalue weighted by Crippen LogP contribution is -2.55. The number of piperazine rings is 1. The number of hydrogen-bond acceptors (Lipinski definition) is 3. The normalized spacial score (nSPS) is 21.6. The highest BCUT2D eigenvalue weighted by atomic mass is 16.2. The molecule has 1 aliphatic rings. The van der Waals surface area contributed by atoms with Gasteiger partial charge in [0.15, 0.2) is 0 Å². The molecule has 1 aliphatic heterocycles. The fourth-order valence-corrected chi connectivity index (χ4v) is 2.17. The van der Waals surface area contributed by atoms with Crippen molar-refractivity contribution >= 4 is 5.91 Å². The van der Waals surface area contributed by atoms with Crippen LogP contribution in [0.5, 0.6) is 0 Å². The molecule has 2 N–H and O–H groups in total. The van der Waals surface area contributed by atoms with Gasteiger partial charge in [-0.1, -0.05) is 20.3 Å². The molecule has 1 fully saturated rings. The molecule has 1 rings (SSSR count). The molecule has 17 heavy (non-hydrogen) atoms. The van der Waals surface area contributed by atoms with E-state index in [1.54, 1.807) is 0 Å². The van der Waals surface area contributed by atoms with Gasteiger partial charge in [-0.3, -0.25) is 9.69 Å². The molecule has 4 heteroatoms. The fourth-order valence-electron chi connectivity index (χ4n) is 2.17. The van der Waals surface area contributed by atoms with Crippen molar-refractivity contribution in [3.05, 3.63) is 0 Å². The van der Waals surface area contributed by atoms with Crippen LogP contribution in [0.25, 0.3) is 0 Å². The third-order valence-electron chi connectivity index (χ3n) is 3.90. The van der Waals surface area contributed by atoms with Crippen LogP contribution in [0.4, 0.5) is 0 Å². The molecule has 4 nitrogen and oxygen atoms in total. The average molecular weight is 241 g/mol. The molecule has 0 saturated carbocycles. The van der Waals surface area contributed by atoms with Crippen molar-refractivity contribution in [1.82, 2.24) is 9.80 Å². The standard InChI is InChI=1S/C13H27N3O/c1-5-11(4)12(14)13(17)16-8-6-15(7-9-16)10(2)3/h10-12H,5-9,14H2,1-4H3/t11-,12-/m0/s1. The molecule has 1 saturated heterocycles. The first-order chi connectivity index (χ1) is 7.97. The van der Waals surface area contributed by atoms with Crippen molar-refractivity contribution in [3.63, 3.8) is 0 Å². The second kappa shape index (κ2) is 6.36. The lowest BCUT2D eigenvalue weighted by Gasteiger charge is -2.38. The van der Waals surface area contributed by atoms with Crippen LogP contribution in [0.1, 0.15) is 34.1 Å². The third-order valence-corrected chi connectivity index (χ3v) is 3.90. The van der Waals surface area contributed by atoms with Gasteiger partial charge >= 0.3 is 0 Å². The maximum Gasteiger partial charge on any atom is 0.239 e. The highest BCUT2D eigenvalue weighted by molar-refractivity contribution is 5.82. The van der Waals surface area contributed by atoms with E-state index < -0.39 is 0 Å². The van der Waals surface area contributed by atoms with Crippen LogP contribution in [0.2, 0.25) is 0 Å². The lowest BCUT2D eigenvalue weighted by atomic mass is 9.98. The summed E-state index contributed by atoms with van der Waals surface area (Å²) in [5.41, 5.74) is 5.99. The molecule has 0 bridgehead atoms. The van der Waals surface area contributed by atoms with Crippen LogP contribution in [0.3, 0.4) is 0 Å². The number of amides is 1. The first kappa shape index (κ1) is 14.5. The second-order valence-corrected chi connectivity index (χ2v) is 5.37. The van der Waals surface area contributed by atoms with Gasteiger partial charge in [0.2, 0.25) is 5.91 Å². The molecule has 0 unspecified atom stereocenters. The van der Waals surface area contributed by atoms with Crippen molar-refractivity contribution in [3.8, 4) is 0 Å². The smallest absolute Gasteiger partial charge is 0.239 e. The van der Waals surface area contributed by atoms with Gasteiger partial charge in [0.05, 0.1) is 6.04 Å². The molecule has 0 spiro atoms. The zero-order valence-corrected chi connectivity index (χ0v) is 11.6. The zero-order valence-electron chi connectivity index (χ0n) is 11.6. The first-order valence-corrected chi connectivity index (χ1v) is 6.75. The topological polar surface area (TPSA) is 49.6 Å². The molecule has 1 amide bonds. The Kier molecular flexibility index (Phi) is 5.40. The van der Waals surface area contributed by atoms with Crippen LogP contribution in [-0.2, 0) is 4.79 Å². The van der Waals surface area contributed by atoms with Gasteiger partial charge in [0.1, 0.15) is 0 Å². The predicted octanol–water partition coefficient (Wildman–Crippen LogP) is 0.912. The van der Waals surface area contributed by atoms with Crippen LogP contribution in [0, 0.1) is 5.92 Å². The Morgan fingerprint density at radius 2 is 1.71 bits per heavy atom. The first-order valence-electron chi connectivity index (χ1n) is 6.75. The van der Waals surface area contributed by atoms with E-state index in [4.69, 9.17) is 5.73 Å². The Morgan fingerprint density at radius 1 is 1.18 bits per heavy atom. The minimum Gasteiger partial charge on any atom is -0.339 e. The quantitative estimate of drug-likeness (QED) is 0.796. The van der Waals surface area contributed by atoms with Gasteiger partial charge in [-0.05, 0) is 19.8 Å². The van der Waals surface area contributed by atoms with Gasteiger partial charge in [-0.2, -0.15) is 0 Å². The SMILES string of the molecule is CC[C@H](C)[C@H](N)C(=O)N1CCN(C(C)C)CC1. The van der Waals surface area contributed by atoms with Crippen molar-refractivity contribution in [2.24, 2.45) is 11.7 Å². The van der Waals surface area contributed by atoms with E-state index in [-0.39, 0.29) is 17.9 Å². The maximum absolute atomic E-state index is 12.2. The summed E-state index contributed by atoms with van der Waals surface area (Å²) in [6, 6.07) is 0.237. The minimum absolute atomic E-state index is 0.128. The Balaban J connectivity index is 2.46. The number of hydrogen-bond donors (Lipinski definition) is 1. The zero-order chi connectivity index (χ0) is 13.0. The predicted molar refractivity (Wildman–Crippen MR) is 70.7 cm³/mol. The largest absolute Gasteiger partial charge is 0.339 e. The van der Waals surface area contributed by atoms with Crippen LogP contribution >= 0.6 is 0 Å². The van der Waals surface area contributed by atoms with Crippen LogP contribution in [0.15, 0.2) is 0 Å². The molecule has 0 aromatic carbocycles. The van der Waals surface area contributed by atoms with Gasteiger partial charge in [0, 0.05) is 32.2 Å².